The first-order chi connectivity index (χ1) is 9.15. The van der Waals surface area contributed by atoms with Crippen LogP contribution in [0.3, 0.4) is 0 Å². The number of amides is 1. The van der Waals surface area contributed by atoms with E-state index in [4.69, 9.17) is 16.1 Å². The average molecular weight is 295 g/mol. The van der Waals surface area contributed by atoms with Crippen molar-refractivity contribution in [1.82, 2.24) is 5.16 Å². The third-order valence-corrected chi connectivity index (χ3v) is 4.31. The number of thioether (sulfide) groups is 1. The van der Waals surface area contributed by atoms with E-state index < -0.39 is 0 Å². The molecule has 1 aromatic carbocycles. The predicted octanol–water partition coefficient (Wildman–Crippen LogP) is 3.42. The Bertz CT molecular complexity index is 629. The largest absolute Gasteiger partial charge is 0.360 e. The Hall–Kier alpha value is -1.46. The molecule has 0 N–H and O–H groups in total. The van der Waals surface area contributed by atoms with Crippen LogP contribution < -0.4 is 4.90 Å². The smallest absolute Gasteiger partial charge is 0.239 e. The summed E-state index contributed by atoms with van der Waals surface area (Å²) in [6.07, 6.45) is 0. The first-order valence-electron chi connectivity index (χ1n) is 5.77. The maximum absolute atomic E-state index is 12.0. The lowest BCUT2D eigenvalue weighted by Crippen LogP contribution is -2.28. The van der Waals surface area contributed by atoms with Gasteiger partial charge in [0.2, 0.25) is 5.91 Å². The van der Waals surface area contributed by atoms with Gasteiger partial charge in [-0.15, -0.1) is 11.8 Å². The minimum absolute atomic E-state index is 0.0308. The second kappa shape index (κ2) is 4.90. The highest BCUT2D eigenvalue weighted by Gasteiger charge is 2.35. The third kappa shape index (κ3) is 2.35. The molecule has 2 heterocycles. The molecule has 0 bridgehead atoms. The van der Waals surface area contributed by atoms with Gasteiger partial charge in [-0.25, -0.2) is 0 Å². The van der Waals surface area contributed by atoms with Gasteiger partial charge in [-0.3, -0.25) is 9.69 Å². The number of hydrogen-bond acceptors (Lipinski definition) is 4. The topological polar surface area (TPSA) is 46.3 Å². The van der Waals surface area contributed by atoms with E-state index in [0.717, 1.165) is 5.56 Å². The maximum Gasteiger partial charge on any atom is 0.239 e. The molecule has 1 saturated heterocycles. The fourth-order valence-corrected chi connectivity index (χ4v) is 3.40. The lowest BCUT2D eigenvalue weighted by Gasteiger charge is -2.21. The monoisotopic (exact) mass is 294 g/mol. The first kappa shape index (κ1) is 12.6. The number of rotatable bonds is 2. The Kier molecular flexibility index (Phi) is 3.24. The summed E-state index contributed by atoms with van der Waals surface area (Å²) in [5, 5.41) is 4.49. The van der Waals surface area contributed by atoms with E-state index in [-0.39, 0.29) is 11.3 Å². The van der Waals surface area contributed by atoms with Gasteiger partial charge in [0.05, 0.1) is 5.75 Å². The third-order valence-electron chi connectivity index (χ3n) is 2.86. The standard InChI is InChI=1S/C13H11ClN2O2S/c1-8-5-11(15-18-8)16-12(17)7-19-13(16)9-3-2-4-10(14)6-9/h2-6,13H,7H2,1H3. The molecule has 0 aliphatic carbocycles. The van der Waals surface area contributed by atoms with E-state index >= 15 is 0 Å². The van der Waals surface area contributed by atoms with Gasteiger partial charge in [-0.1, -0.05) is 28.9 Å². The number of carbonyl (C=O) groups excluding carboxylic acids is 1. The van der Waals surface area contributed by atoms with Crippen LogP contribution in [0.1, 0.15) is 16.7 Å². The minimum atomic E-state index is -0.101. The summed E-state index contributed by atoms with van der Waals surface area (Å²) in [6.45, 7) is 1.80. The molecule has 1 aliphatic heterocycles. The zero-order valence-corrected chi connectivity index (χ0v) is 11.7. The Morgan fingerprint density at radius 2 is 2.32 bits per heavy atom. The van der Waals surface area contributed by atoms with Crippen molar-refractivity contribution in [2.75, 3.05) is 10.7 Å². The van der Waals surface area contributed by atoms with Gasteiger partial charge < -0.3 is 4.52 Å². The van der Waals surface area contributed by atoms with Crippen LogP contribution in [0.25, 0.3) is 0 Å². The number of hydrogen-bond donors (Lipinski definition) is 0. The molecule has 19 heavy (non-hydrogen) atoms. The lowest BCUT2D eigenvalue weighted by atomic mass is 10.2. The van der Waals surface area contributed by atoms with Crippen LogP contribution in [0.15, 0.2) is 34.9 Å². The highest BCUT2D eigenvalue weighted by molar-refractivity contribution is 8.00. The number of aryl methyl sites for hydroxylation is 1. The predicted molar refractivity (Wildman–Crippen MR) is 75.4 cm³/mol. The molecule has 1 fully saturated rings. The molecule has 4 nitrogen and oxygen atoms in total. The molecule has 1 atom stereocenters. The average Bonchev–Trinajstić information content (AvgIpc) is 2.95. The molecule has 3 rings (SSSR count). The summed E-state index contributed by atoms with van der Waals surface area (Å²) in [6, 6.07) is 9.30. The van der Waals surface area contributed by atoms with E-state index in [9.17, 15) is 4.79 Å². The molecule has 1 aliphatic rings. The molecule has 0 spiro atoms. The van der Waals surface area contributed by atoms with Gasteiger partial charge >= 0.3 is 0 Å². The van der Waals surface area contributed by atoms with Gasteiger partial charge in [0, 0.05) is 11.1 Å². The summed E-state index contributed by atoms with van der Waals surface area (Å²) >= 11 is 7.57. The molecule has 2 aromatic rings. The van der Waals surface area contributed by atoms with Crippen molar-refractivity contribution in [3.8, 4) is 0 Å². The van der Waals surface area contributed by atoms with Crippen molar-refractivity contribution >= 4 is 35.1 Å². The molecule has 0 saturated carbocycles. The Morgan fingerprint density at radius 1 is 1.47 bits per heavy atom. The quantitative estimate of drug-likeness (QED) is 0.851. The Balaban J connectivity index is 1.99. The molecule has 98 valence electrons. The highest BCUT2D eigenvalue weighted by Crippen LogP contribution is 2.41. The second-order valence-corrected chi connectivity index (χ2v) is 5.78. The Morgan fingerprint density at radius 3 is 3.00 bits per heavy atom. The fraction of sp³-hybridized carbons (Fsp3) is 0.231. The van der Waals surface area contributed by atoms with E-state index in [2.05, 4.69) is 5.16 Å². The van der Waals surface area contributed by atoms with E-state index in [1.54, 1.807) is 29.7 Å². The van der Waals surface area contributed by atoms with Gasteiger partial charge in [0.25, 0.3) is 0 Å². The summed E-state index contributed by atoms with van der Waals surface area (Å²) in [7, 11) is 0. The minimum Gasteiger partial charge on any atom is -0.360 e. The van der Waals surface area contributed by atoms with Crippen molar-refractivity contribution in [2.45, 2.75) is 12.3 Å². The maximum atomic E-state index is 12.0. The van der Waals surface area contributed by atoms with E-state index in [0.29, 0.717) is 22.4 Å². The van der Waals surface area contributed by atoms with Crippen molar-refractivity contribution in [1.29, 1.82) is 0 Å². The summed E-state index contributed by atoms with van der Waals surface area (Å²) < 4.78 is 5.05. The van der Waals surface area contributed by atoms with Crippen LogP contribution in [0, 0.1) is 6.92 Å². The molecule has 1 unspecified atom stereocenters. The fourth-order valence-electron chi connectivity index (χ4n) is 2.05. The summed E-state index contributed by atoms with van der Waals surface area (Å²) in [4.78, 5) is 13.7. The highest BCUT2D eigenvalue weighted by atomic mass is 35.5. The van der Waals surface area contributed by atoms with E-state index in [1.165, 1.54) is 0 Å². The number of anilines is 1. The summed E-state index contributed by atoms with van der Waals surface area (Å²) in [5.41, 5.74) is 0.990. The van der Waals surface area contributed by atoms with Crippen LogP contribution in [-0.4, -0.2) is 16.8 Å². The zero-order valence-electron chi connectivity index (χ0n) is 10.2. The van der Waals surface area contributed by atoms with Crippen LogP contribution >= 0.6 is 23.4 Å². The number of nitrogens with zero attached hydrogens (tertiary/aromatic N) is 2. The summed E-state index contributed by atoms with van der Waals surface area (Å²) in [5.74, 6) is 1.70. The Labute approximate surface area is 119 Å². The molecule has 1 amide bonds. The molecule has 6 heteroatoms. The van der Waals surface area contributed by atoms with Gasteiger partial charge in [-0.2, -0.15) is 0 Å². The first-order valence-corrected chi connectivity index (χ1v) is 7.20. The molecule has 1 aromatic heterocycles. The van der Waals surface area contributed by atoms with Crippen LogP contribution in [0.4, 0.5) is 5.82 Å². The van der Waals surface area contributed by atoms with Crippen LogP contribution in [-0.2, 0) is 4.79 Å². The normalized spacial score (nSPS) is 19.2. The number of halogens is 1. The van der Waals surface area contributed by atoms with E-state index in [1.807, 2.05) is 24.3 Å². The lowest BCUT2D eigenvalue weighted by molar-refractivity contribution is -0.115. The second-order valence-electron chi connectivity index (χ2n) is 4.28. The van der Waals surface area contributed by atoms with Crippen LogP contribution in [0.2, 0.25) is 5.02 Å². The van der Waals surface area contributed by atoms with Crippen molar-refractivity contribution < 1.29 is 9.32 Å². The molecular formula is C13H11ClN2O2S. The molecular weight excluding hydrogens is 284 g/mol. The van der Waals surface area contributed by atoms with Crippen molar-refractivity contribution in [2.24, 2.45) is 0 Å². The van der Waals surface area contributed by atoms with Gasteiger partial charge in [-0.05, 0) is 24.6 Å². The number of carbonyl (C=O) groups is 1. The number of benzene rings is 1. The number of aromatic nitrogens is 1. The van der Waals surface area contributed by atoms with Gasteiger partial charge in [0.1, 0.15) is 11.1 Å². The SMILES string of the molecule is Cc1cc(N2C(=O)CSC2c2cccc(Cl)c2)no1. The van der Waals surface area contributed by atoms with Crippen molar-refractivity contribution in [3.05, 3.63) is 46.7 Å². The van der Waals surface area contributed by atoms with Gasteiger partial charge in [0.15, 0.2) is 5.82 Å². The zero-order chi connectivity index (χ0) is 13.4. The molecule has 0 radical (unpaired) electrons. The van der Waals surface area contributed by atoms with Crippen LogP contribution in [0.5, 0.6) is 0 Å². The van der Waals surface area contributed by atoms with Crippen molar-refractivity contribution in [3.63, 3.8) is 0 Å².